The van der Waals surface area contributed by atoms with Crippen LogP contribution in [0.3, 0.4) is 0 Å². The van der Waals surface area contributed by atoms with Gasteiger partial charge in [0.15, 0.2) is 0 Å². The fourth-order valence-corrected chi connectivity index (χ4v) is 5.04. The summed E-state index contributed by atoms with van der Waals surface area (Å²) in [5.74, 6) is -0.464. The van der Waals surface area contributed by atoms with Gasteiger partial charge in [-0.3, -0.25) is 9.78 Å². The maximum absolute atomic E-state index is 13.7. The normalized spacial score (nSPS) is 14.3. The largest absolute Gasteiger partial charge is 0.453 e. The van der Waals surface area contributed by atoms with Crippen LogP contribution in [0.2, 0.25) is 0 Å². The Kier molecular flexibility index (Phi) is 12.7. The summed E-state index contributed by atoms with van der Waals surface area (Å²) in [7, 11) is 1.24. The maximum atomic E-state index is 13.7. The van der Waals surface area contributed by atoms with E-state index in [0.717, 1.165) is 22.3 Å². The number of benzene rings is 2. The topological polar surface area (TPSA) is 139 Å². The monoisotopic (exact) mass is 632 g/mol. The molecule has 0 aliphatic rings. The van der Waals surface area contributed by atoms with Crippen LogP contribution in [0.1, 0.15) is 59.1 Å². The van der Waals surface area contributed by atoms with Crippen LogP contribution in [0, 0.1) is 5.41 Å². The first kappa shape index (κ1) is 36.0. The van der Waals surface area contributed by atoms with Gasteiger partial charge in [-0.25, -0.2) is 9.59 Å². The molecule has 4 atom stereocenters. The van der Waals surface area contributed by atoms with Crippen molar-refractivity contribution in [3.63, 3.8) is 0 Å². The molecule has 0 bridgehead atoms. The van der Waals surface area contributed by atoms with Crippen molar-refractivity contribution >= 4 is 18.1 Å². The van der Waals surface area contributed by atoms with E-state index in [4.69, 9.17) is 9.47 Å². The number of aliphatic hydroxyl groups is 1. The van der Waals surface area contributed by atoms with Gasteiger partial charge in [0, 0.05) is 18.4 Å². The van der Waals surface area contributed by atoms with Gasteiger partial charge in [0.25, 0.3) is 0 Å². The van der Waals surface area contributed by atoms with Crippen LogP contribution in [0.5, 0.6) is 0 Å². The first-order valence-electron chi connectivity index (χ1n) is 15.5. The summed E-state index contributed by atoms with van der Waals surface area (Å²) in [6.45, 7) is 10.8. The number of hydrogen-bond donors (Lipinski definition) is 4. The molecule has 10 nitrogen and oxygen atoms in total. The van der Waals surface area contributed by atoms with Gasteiger partial charge in [-0.2, -0.15) is 0 Å². The SMILES string of the molecule is COC(=O)N[C@H](C(=O)N[C@@H](Cc1ccc(-c2cccnc2)cc1)[C@@H](O)C[C@H](Cc1ccccc1)NC(=O)OC(C)(C)C)C(C)(C)C. The van der Waals surface area contributed by atoms with Crippen molar-refractivity contribution in [3.05, 3.63) is 90.3 Å². The lowest BCUT2D eigenvalue weighted by Crippen LogP contribution is -2.58. The summed E-state index contributed by atoms with van der Waals surface area (Å²) < 4.78 is 10.3. The number of aliphatic hydroxyl groups excluding tert-OH is 1. The number of methoxy groups -OCH3 is 1. The lowest BCUT2D eigenvalue weighted by molar-refractivity contribution is -0.127. The van der Waals surface area contributed by atoms with Crippen molar-refractivity contribution in [2.75, 3.05) is 7.11 Å². The highest BCUT2D eigenvalue weighted by Gasteiger charge is 2.36. The molecule has 3 aromatic rings. The van der Waals surface area contributed by atoms with E-state index in [9.17, 15) is 19.5 Å². The van der Waals surface area contributed by atoms with Gasteiger partial charge in [0.05, 0.1) is 19.3 Å². The third kappa shape index (κ3) is 11.8. The Morgan fingerprint density at radius 1 is 0.783 bits per heavy atom. The molecule has 3 amide bonds. The number of nitrogens with zero attached hydrogens (tertiary/aromatic N) is 1. The van der Waals surface area contributed by atoms with Crippen LogP contribution in [0.15, 0.2) is 79.1 Å². The van der Waals surface area contributed by atoms with Crippen LogP contribution < -0.4 is 16.0 Å². The summed E-state index contributed by atoms with van der Waals surface area (Å²) in [4.78, 5) is 42.8. The second kappa shape index (κ2) is 16.2. The van der Waals surface area contributed by atoms with Crippen molar-refractivity contribution in [2.24, 2.45) is 5.41 Å². The predicted molar refractivity (Wildman–Crippen MR) is 178 cm³/mol. The highest BCUT2D eigenvalue weighted by Crippen LogP contribution is 2.23. The fourth-order valence-electron chi connectivity index (χ4n) is 5.04. The molecule has 0 aliphatic heterocycles. The standard InChI is InChI=1S/C36H48N4O6/c1-35(2,3)31(40-33(43)45-7)32(42)39-29(21-25-15-17-26(18-16-25)27-14-11-19-37-23-27)30(41)22-28(20-24-12-9-8-10-13-24)38-34(44)46-36(4,5)6/h8-19,23,28-31,41H,20-22H2,1-7H3,(H,38,44)(H,39,42)(H,40,43)/t28-,29-,30-,31+/m0/s1. The molecule has 0 aliphatic carbocycles. The molecule has 0 radical (unpaired) electrons. The molecule has 0 saturated heterocycles. The fraction of sp³-hybridized carbons (Fsp3) is 0.444. The number of alkyl carbamates (subject to hydrolysis) is 2. The smallest absolute Gasteiger partial charge is 0.407 e. The zero-order valence-electron chi connectivity index (χ0n) is 27.9. The number of pyridine rings is 1. The van der Waals surface area contributed by atoms with Gasteiger partial charge in [0.2, 0.25) is 5.91 Å². The van der Waals surface area contributed by atoms with E-state index in [1.165, 1.54) is 7.11 Å². The van der Waals surface area contributed by atoms with E-state index < -0.39 is 53.3 Å². The Morgan fingerprint density at radius 3 is 2.00 bits per heavy atom. The van der Waals surface area contributed by atoms with E-state index in [1.54, 1.807) is 33.2 Å². The lowest BCUT2D eigenvalue weighted by atomic mass is 9.85. The highest BCUT2D eigenvalue weighted by atomic mass is 16.6. The molecule has 3 rings (SSSR count). The van der Waals surface area contributed by atoms with Crippen molar-refractivity contribution in [1.82, 2.24) is 20.9 Å². The number of hydrogen-bond acceptors (Lipinski definition) is 7. The molecule has 0 saturated carbocycles. The molecule has 2 aromatic carbocycles. The average molecular weight is 633 g/mol. The minimum atomic E-state index is -1.08. The third-order valence-corrected chi connectivity index (χ3v) is 7.34. The molecular formula is C36H48N4O6. The zero-order valence-corrected chi connectivity index (χ0v) is 27.9. The minimum Gasteiger partial charge on any atom is -0.453 e. The third-order valence-electron chi connectivity index (χ3n) is 7.34. The van der Waals surface area contributed by atoms with Crippen molar-refractivity contribution in [3.8, 4) is 11.1 Å². The molecule has 4 N–H and O–H groups in total. The summed E-state index contributed by atoms with van der Waals surface area (Å²) in [6.07, 6.45) is 1.94. The van der Waals surface area contributed by atoms with Crippen LogP contribution in [0.4, 0.5) is 9.59 Å². The van der Waals surface area contributed by atoms with Gasteiger partial charge >= 0.3 is 12.2 Å². The Balaban J connectivity index is 1.90. The second-order valence-electron chi connectivity index (χ2n) is 13.5. The van der Waals surface area contributed by atoms with E-state index in [1.807, 2.05) is 87.5 Å². The van der Waals surface area contributed by atoms with Gasteiger partial charge in [-0.05, 0) is 73.8 Å². The van der Waals surface area contributed by atoms with Crippen LogP contribution >= 0.6 is 0 Å². The van der Waals surface area contributed by atoms with Crippen LogP contribution in [0.25, 0.3) is 11.1 Å². The number of nitrogens with one attached hydrogen (secondary N) is 3. The molecule has 0 unspecified atom stereocenters. The molecule has 1 aromatic heterocycles. The number of aromatic nitrogens is 1. The maximum Gasteiger partial charge on any atom is 0.407 e. The first-order chi connectivity index (χ1) is 21.6. The van der Waals surface area contributed by atoms with Gasteiger partial charge in [0.1, 0.15) is 11.6 Å². The van der Waals surface area contributed by atoms with Crippen LogP contribution in [-0.2, 0) is 27.1 Å². The molecule has 10 heteroatoms. The Hall–Kier alpha value is -4.44. The quantitative estimate of drug-likeness (QED) is 0.209. The van der Waals surface area contributed by atoms with E-state index in [0.29, 0.717) is 12.8 Å². The molecular weight excluding hydrogens is 584 g/mol. The molecule has 46 heavy (non-hydrogen) atoms. The highest BCUT2D eigenvalue weighted by molar-refractivity contribution is 5.86. The predicted octanol–water partition coefficient (Wildman–Crippen LogP) is 5.43. The Bertz CT molecular complexity index is 1400. The van der Waals surface area contributed by atoms with Crippen molar-refractivity contribution in [1.29, 1.82) is 0 Å². The second-order valence-corrected chi connectivity index (χ2v) is 13.5. The molecule has 1 heterocycles. The van der Waals surface area contributed by atoms with Crippen molar-refractivity contribution < 1.29 is 29.0 Å². The number of rotatable bonds is 12. The Labute approximate surface area is 272 Å². The van der Waals surface area contributed by atoms with E-state index >= 15 is 0 Å². The number of amides is 3. The number of ether oxygens (including phenoxy) is 2. The average Bonchev–Trinajstić information content (AvgIpc) is 2.99. The van der Waals surface area contributed by atoms with Gasteiger partial charge in [-0.1, -0.05) is 81.4 Å². The summed E-state index contributed by atoms with van der Waals surface area (Å²) in [5, 5.41) is 20.3. The summed E-state index contributed by atoms with van der Waals surface area (Å²) in [6, 6.07) is 19.1. The number of carbonyl (C=O) groups excluding carboxylic acids is 3. The minimum absolute atomic E-state index is 0.122. The summed E-state index contributed by atoms with van der Waals surface area (Å²) in [5.41, 5.74) is 2.44. The zero-order chi connectivity index (χ0) is 33.9. The first-order valence-corrected chi connectivity index (χ1v) is 15.5. The Morgan fingerprint density at radius 2 is 1.43 bits per heavy atom. The number of carbonyl (C=O) groups is 3. The van der Waals surface area contributed by atoms with Crippen LogP contribution in [-0.4, -0.2) is 65.1 Å². The molecule has 0 fully saturated rings. The molecule has 248 valence electrons. The summed E-state index contributed by atoms with van der Waals surface area (Å²) >= 11 is 0. The van der Waals surface area contributed by atoms with Crippen molar-refractivity contribution in [2.45, 2.75) is 90.6 Å². The lowest BCUT2D eigenvalue weighted by Gasteiger charge is -2.33. The van der Waals surface area contributed by atoms with Gasteiger partial charge in [-0.15, -0.1) is 0 Å². The van der Waals surface area contributed by atoms with Gasteiger partial charge < -0.3 is 30.5 Å². The van der Waals surface area contributed by atoms with E-state index in [-0.39, 0.29) is 6.42 Å². The van der Waals surface area contributed by atoms with E-state index in [2.05, 4.69) is 20.9 Å². The molecule has 0 spiro atoms.